The summed E-state index contributed by atoms with van der Waals surface area (Å²) in [6, 6.07) is 7.69. The van der Waals surface area contributed by atoms with Crippen LogP contribution in [0.25, 0.3) is 11.0 Å². The van der Waals surface area contributed by atoms with Gasteiger partial charge in [-0.15, -0.1) is 0 Å². The first-order chi connectivity index (χ1) is 8.20. The summed E-state index contributed by atoms with van der Waals surface area (Å²) in [5.41, 5.74) is 7.42. The number of nitrogens with two attached hydrogens (primary N) is 1. The number of nitrogens with one attached hydrogen (secondary N) is 1. The van der Waals surface area contributed by atoms with Crippen molar-refractivity contribution in [3.05, 3.63) is 24.3 Å². The number of anilines is 2. The standard InChI is InChI=1S/C12H16N4O/c1-8(6-7-17)14-12-11(13)15-9-4-2-3-5-10(9)16-12/h2-5,8,17H,6-7H2,1H3,(H2,13,15)(H,14,16). The first-order valence-corrected chi connectivity index (χ1v) is 5.60. The number of para-hydroxylation sites is 2. The van der Waals surface area contributed by atoms with Gasteiger partial charge in [0, 0.05) is 12.6 Å². The second kappa shape index (κ2) is 4.97. The maximum atomic E-state index is 8.85. The summed E-state index contributed by atoms with van der Waals surface area (Å²) in [5.74, 6) is 0.957. The molecule has 0 aliphatic rings. The molecule has 0 bridgehead atoms. The third kappa shape index (κ3) is 2.62. The molecule has 0 aliphatic heterocycles. The molecular weight excluding hydrogens is 216 g/mol. The average molecular weight is 232 g/mol. The molecule has 17 heavy (non-hydrogen) atoms. The molecule has 5 nitrogen and oxygen atoms in total. The van der Waals surface area contributed by atoms with Gasteiger partial charge in [-0.2, -0.15) is 0 Å². The molecule has 0 fully saturated rings. The zero-order valence-corrected chi connectivity index (χ0v) is 9.72. The minimum atomic E-state index is 0.109. The largest absolute Gasteiger partial charge is 0.396 e. The lowest BCUT2D eigenvalue weighted by molar-refractivity contribution is 0.282. The van der Waals surface area contributed by atoms with E-state index >= 15 is 0 Å². The summed E-state index contributed by atoms with van der Waals surface area (Å²) >= 11 is 0. The van der Waals surface area contributed by atoms with Gasteiger partial charge in [0.15, 0.2) is 11.6 Å². The zero-order chi connectivity index (χ0) is 12.3. The topological polar surface area (TPSA) is 84.1 Å². The van der Waals surface area contributed by atoms with Gasteiger partial charge in [-0.1, -0.05) is 12.1 Å². The number of fused-ring (bicyclic) bond motifs is 1. The van der Waals surface area contributed by atoms with Gasteiger partial charge in [0.2, 0.25) is 0 Å². The predicted octanol–water partition coefficient (Wildman–Crippen LogP) is 1.39. The van der Waals surface area contributed by atoms with Crippen LogP contribution in [-0.2, 0) is 0 Å². The van der Waals surface area contributed by atoms with E-state index in [-0.39, 0.29) is 12.6 Å². The number of aliphatic hydroxyl groups is 1. The second-order valence-corrected chi connectivity index (χ2v) is 4.00. The van der Waals surface area contributed by atoms with Crippen LogP contribution in [0.15, 0.2) is 24.3 Å². The van der Waals surface area contributed by atoms with Crippen LogP contribution >= 0.6 is 0 Å². The van der Waals surface area contributed by atoms with Crippen LogP contribution in [-0.4, -0.2) is 27.7 Å². The number of aliphatic hydroxyl groups excluding tert-OH is 1. The summed E-state index contributed by atoms with van der Waals surface area (Å²) in [5, 5.41) is 12.0. The van der Waals surface area contributed by atoms with Crippen LogP contribution in [0.4, 0.5) is 11.6 Å². The molecule has 1 atom stereocenters. The van der Waals surface area contributed by atoms with Crippen molar-refractivity contribution in [2.75, 3.05) is 17.7 Å². The van der Waals surface area contributed by atoms with Crippen LogP contribution in [0.2, 0.25) is 0 Å². The SMILES string of the molecule is CC(CCO)Nc1nc2ccccc2nc1N. The summed E-state index contributed by atoms with van der Waals surface area (Å²) in [6.45, 7) is 2.10. The maximum absolute atomic E-state index is 8.85. The Labute approximate surface area is 99.7 Å². The molecule has 0 aliphatic carbocycles. The molecule has 90 valence electrons. The van der Waals surface area contributed by atoms with E-state index in [1.54, 1.807) is 0 Å². The Hall–Kier alpha value is -1.88. The van der Waals surface area contributed by atoms with Crippen molar-refractivity contribution in [1.82, 2.24) is 9.97 Å². The molecule has 0 saturated heterocycles. The van der Waals surface area contributed by atoms with Crippen molar-refractivity contribution in [2.24, 2.45) is 0 Å². The van der Waals surface area contributed by atoms with Gasteiger partial charge in [0.25, 0.3) is 0 Å². The summed E-state index contributed by atoms with van der Waals surface area (Å²) in [6.07, 6.45) is 0.647. The molecule has 2 rings (SSSR count). The highest BCUT2D eigenvalue weighted by Crippen LogP contribution is 2.19. The highest BCUT2D eigenvalue weighted by atomic mass is 16.3. The van der Waals surface area contributed by atoms with Crippen molar-refractivity contribution < 1.29 is 5.11 Å². The molecule has 1 aromatic heterocycles. The smallest absolute Gasteiger partial charge is 0.169 e. The molecule has 1 unspecified atom stereocenters. The van der Waals surface area contributed by atoms with Crippen molar-refractivity contribution in [3.63, 3.8) is 0 Å². The Bertz CT molecular complexity index is 515. The number of benzene rings is 1. The fourth-order valence-electron chi connectivity index (χ4n) is 1.62. The summed E-state index contributed by atoms with van der Waals surface area (Å²) in [7, 11) is 0. The quantitative estimate of drug-likeness (QED) is 0.742. The molecule has 1 heterocycles. The van der Waals surface area contributed by atoms with Gasteiger partial charge in [-0.05, 0) is 25.5 Å². The first-order valence-electron chi connectivity index (χ1n) is 5.60. The molecule has 2 aromatic rings. The lowest BCUT2D eigenvalue weighted by Crippen LogP contribution is -2.19. The number of nitrogens with zero attached hydrogens (tertiary/aromatic N) is 2. The summed E-state index contributed by atoms with van der Waals surface area (Å²) < 4.78 is 0. The fourth-order valence-corrected chi connectivity index (χ4v) is 1.62. The molecule has 1 aromatic carbocycles. The molecule has 4 N–H and O–H groups in total. The lowest BCUT2D eigenvalue weighted by Gasteiger charge is -2.14. The molecule has 0 radical (unpaired) electrons. The number of rotatable bonds is 4. The van der Waals surface area contributed by atoms with Crippen LogP contribution in [0.3, 0.4) is 0 Å². The van der Waals surface area contributed by atoms with Crippen LogP contribution in [0.5, 0.6) is 0 Å². The fraction of sp³-hybridized carbons (Fsp3) is 0.333. The van der Waals surface area contributed by atoms with Gasteiger partial charge in [-0.3, -0.25) is 0 Å². The minimum Gasteiger partial charge on any atom is -0.396 e. The molecule has 0 saturated carbocycles. The van der Waals surface area contributed by atoms with E-state index in [0.717, 1.165) is 11.0 Å². The van der Waals surface area contributed by atoms with Crippen molar-refractivity contribution in [3.8, 4) is 0 Å². The van der Waals surface area contributed by atoms with Gasteiger partial charge < -0.3 is 16.2 Å². The van der Waals surface area contributed by atoms with Gasteiger partial charge in [-0.25, -0.2) is 9.97 Å². The maximum Gasteiger partial charge on any atom is 0.169 e. The Morgan fingerprint density at radius 3 is 2.59 bits per heavy atom. The number of hydrogen-bond acceptors (Lipinski definition) is 5. The molecular formula is C12H16N4O. The van der Waals surface area contributed by atoms with Gasteiger partial charge in [0.05, 0.1) is 11.0 Å². The van der Waals surface area contributed by atoms with Crippen molar-refractivity contribution in [1.29, 1.82) is 0 Å². The van der Waals surface area contributed by atoms with Gasteiger partial charge in [0.1, 0.15) is 0 Å². The zero-order valence-electron chi connectivity index (χ0n) is 9.72. The van der Waals surface area contributed by atoms with Crippen molar-refractivity contribution >= 4 is 22.7 Å². The van der Waals surface area contributed by atoms with E-state index in [0.29, 0.717) is 18.1 Å². The highest BCUT2D eigenvalue weighted by Gasteiger charge is 2.08. The predicted molar refractivity (Wildman–Crippen MR) is 68.7 cm³/mol. The number of aromatic nitrogens is 2. The molecule has 0 amide bonds. The monoisotopic (exact) mass is 232 g/mol. The van der Waals surface area contributed by atoms with E-state index in [2.05, 4.69) is 15.3 Å². The van der Waals surface area contributed by atoms with E-state index < -0.39 is 0 Å². The second-order valence-electron chi connectivity index (χ2n) is 4.00. The normalized spacial score (nSPS) is 12.6. The third-order valence-corrected chi connectivity index (χ3v) is 2.54. The molecule has 5 heteroatoms. The van der Waals surface area contributed by atoms with E-state index in [4.69, 9.17) is 10.8 Å². The first kappa shape index (κ1) is 11.6. The summed E-state index contributed by atoms with van der Waals surface area (Å²) in [4.78, 5) is 8.70. The van der Waals surface area contributed by atoms with Crippen LogP contribution < -0.4 is 11.1 Å². The Kier molecular flexibility index (Phi) is 3.39. The molecule has 0 spiro atoms. The van der Waals surface area contributed by atoms with E-state index in [1.165, 1.54) is 0 Å². The average Bonchev–Trinajstić information content (AvgIpc) is 2.30. The van der Waals surface area contributed by atoms with Crippen molar-refractivity contribution in [2.45, 2.75) is 19.4 Å². The van der Waals surface area contributed by atoms with Crippen LogP contribution in [0, 0.1) is 0 Å². The third-order valence-electron chi connectivity index (χ3n) is 2.54. The Balaban J connectivity index is 2.31. The highest BCUT2D eigenvalue weighted by molar-refractivity contribution is 5.79. The Morgan fingerprint density at radius 2 is 1.94 bits per heavy atom. The van der Waals surface area contributed by atoms with E-state index in [1.807, 2.05) is 31.2 Å². The number of nitrogen functional groups attached to an aromatic ring is 1. The van der Waals surface area contributed by atoms with Gasteiger partial charge >= 0.3 is 0 Å². The minimum absolute atomic E-state index is 0.109. The lowest BCUT2D eigenvalue weighted by atomic mass is 10.2. The number of hydrogen-bond donors (Lipinski definition) is 3. The van der Waals surface area contributed by atoms with E-state index in [9.17, 15) is 0 Å². The Morgan fingerprint density at radius 1 is 1.29 bits per heavy atom. The van der Waals surface area contributed by atoms with Crippen LogP contribution in [0.1, 0.15) is 13.3 Å².